The maximum Gasteiger partial charge on any atom is 0.282 e. The Bertz CT molecular complexity index is 1280. The molecule has 0 N–H and O–H groups in total. The van der Waals surface area contributed by atoms with E-state index in [2.05, 4.69) is 0 Å². The lowest BCUT2D eigenvalue weighted by Gasteiger charge is -2.25. The second-order valence-corrected chi connectivity index (χ2v) is 8.66. The standard InChI is InChI=1S/C29H30N2O3/c1-6-30(18-22-10-8-7-9-11-22)27-26(23-14-12-19(2)16-21(23)4)28(32)31(29(27)33)24-17-20(3)13-15-25(24)34-5/h7-17H,6,18H2,1-5H3. The summed E-state index contributed by atoms with van der Waals surface area (Å²) >= 11 is 0. The van der Waals surface area contributed by atoms with Crippen molar-refractivity contribution in [2.75, 3.05) is 18.6 Å². The number of aryl methyl sites for hydroxylation is 3. The molecule has 3 aromatic rings. The molecule has 5 nitrogen and oxygen atoms in total. The second kappa shape index (κ2) is 9.56. The lowest BCUT2D eigenvalue weighted by Crippen LogP contribution is -2.35. The average Bonchev–Trinajstić information content (AvgIpc) is 3.07. The Hall–Kier alpha value is -3.86. The van der Waals surface area contributed by atoms with Gasteiger partial charge in [-0.1, -0.05) is 60.2 Å². The van der Waals surface area contributed by atoms with Gasteiger partial charge in [-0.25, -0.2) is 4.90 Å². The van der Waals surface area contributed by atoms with Gasteiger partial charge in [0.25, 0.3) is 11.8 Å². The van der Waals surface area contributed by atoms with Crippen LogP contribution in [0.1, 0.15) is 34.7 Å². The van der Waals surface area contributed by atoms with Gasteiger partial charge in [-0.3, -0.25) is 9.59 Å². The van der Waals surface area contributed by atoms with Crippen molar-refractivity contribution in [2.45, 2.75) is 34.2 Å². The zero-order valence-electron chi connectivity index (χ0n) is 20.4. The van der Waals surface area contributed by atoms with E-state index in [1.54, 1.807) is 13.2 Å². The van der Waals surface area contributed by atoms with Crippen LogP contribution >= 0.6 is 0 Å². The van der Waals surface area contributed by atoms with E-state index in [0.717, 1.165) is 27.8 Å². The molecular formula is C29H30N2O3. The first kappa shape index (κ1) is 23.3. The Balaban J connectivity index is 1.90. The van der Waals surface area contributed by atoms with Crippen LogP contribution in [0.5, 0.6) is 5.75 Å². The molecule has 0 saturated heterocycles. The van der Waals surface area contributed by atoms with Crippen LogP contribution < -0.4 is 9.64 Å². The molecule has 0 bridgehead atoms. The third-order valence-corrected chi connectivity index (χ3v) is 6.20. The van der Waals surface area contributed by atoms with Gasteiger partial charge in [-0.15, -0.1) is 0 Å². The maximum atomic E-state index is 14.0. The van der Waals surface area contributed by atoms with Gasteiger partial charge in [0.1, 0.15) is 11.4 Å². The normalized spacial score (nSPS) is 13.6. The van der Waals surface area contributed by atoms with Gasteiger partial charge in [-0.2, -0.15) is 0 Å². The van der Waals surface area contributed by atoms with Crippen molar-refractivity contribution in [3.8, 4) is 5.75 Å². The van der Waals surface area contributed by atoms with Crippen molar-refractivity contribution in [1.82, 2.24) is 4.90 Å². The third-order valence-electron chi connectivity index (χ3n) is 6.20. The van der Waals surface area contributed by atoms with Gasteiger partial charge in [0, 0.05) is 13.1 Å². The van der Waals surface area contributed by atoms with E-state index in [-0.39, 0.29) is 11.8 Å². The molecule has 1 heterocycles. The smallest absolute Gasteiger partial charge is 0.282 e. The summed E-state index contributed by atoms with van der Waals surface area (Å²) in [4.78, 5) is 31.2. The first-order valence-electron chi connectivity index (χ1n) is 11.5. The Kier molecular flexibility index (Phi) is 6.55. The zero-order chi connectivity index (χ0) is 24.4. The van der Waals surface area contributed by atoms with Crippen molar-refractivity contribution in [1.29, 1.82) is 0 Å². The molecule has 0 aliphatic carbocycles. The molecule has 174 valence electrons. The quantitative estimate of drug-likeness (QED) is 0.447. The first-order chi connectivity index (χ1) is 16.3. The fourth-order valence-electron chi connectivity index (χ4n) is 4.49. The molecule has 2 amide bonds. The minimum atomic E-state index is -0.332. The van der Waals surface area contributed by atoms with Crippen LogP contribution in [0.3, 0.4) is 0 Å². The van der Waals surface area contributed by atoms with Crippen LogP contribution in [-0.2, 0) is 16.1 Å². The van der Waals surface area contributed by atoms with Crippen molar-refractivity contribution in [2.24, 2.45) is 0 Å². The molecule has 3 aromatic carbocycles. The highest BCUT2D eigenvalue weighted by atomic mass is 16.5. The largest absolute Gasteiger partial charge is 0.495 e. The molecule has 1 aliphatic heterocycles. The predicted molar refractivity (Wildman–Crippen MR) is 136 cm³/mol. The summed E-state index contributed by atoms with van der Waals surface area (Å²) in [6.45, 7) is 9.04. The summed E-state index contributed by atoms with van der Waals surface area (Å²) in [5, 5.41) is 0. The van der Waals surface area contributed by atoms with E-state index in [9.17, 15) is 9.59 Å². The Morgan fingerprint density at radius 2 is 1.53 bits per heavy atom. The topological polar surface area (TPSA) is 49.9 Å². The monoisotopic (exact) mass is 454 g/mol. The van der Waals surface area contributed by atoms with Crippen molar-refractivity contribution in [3.63, 3.8) is 0 Å². The van der Waals surface area contributed by atoms with Gasteiger partial charge < -0.3 is 9.64 Å². The second-order valence-electron chi connectivity index (χ2n) is 8.66. The number of carbonyl (C=O) groups is 2. The fraction of sp³-hybridized carbons (Fsp3) is 0.241. The molecule has 0 saturated carbocycles. The van der Waals surface area contributed by atoms with Gasteiger partial charge in [0.05, 0.1) is 18.4 Å². The van der Waals surface area contributed by atoms with Crippen molar-refractivity contribution in [3.05, 3.63) is 100 Å². The lowest BCUT2D eigenvalue weighted by atomic mass is 9.97. The number of hydrogen-bond acceptors (Lipinski definition) is 4. The van der Waals surface area contributed by atoms with E-state index < -0.39 is 0 Å². The summed E-state index contributed by atoms with van der Waals surface area (Å²) in [5.41, 5.74) is 6.18. The van der Waals surface area contributed by atoms with Gasteiger partial charge in [0.2, 0.25) is 0 Å². The molecule has 0 radical (unpaired) electrons. The number of methoxy groups -OCH3 is 1. The minimum absolute atomic E-state index is 0.331. The summed E-state index contributed by atoms with van der Waals surface area (Å²) in [6.07, 6.45) is 0. The van der Waals surface area contributed by atoms with Crippen molar-refractivity contribution < 1.29 is 14.3 Å². The summed E-state index contributed by atoms with van der Waals surface area (Å²) in [6, 6.07) is 21.5. The van der Waals surface area contributed by atoms with E-state index in [1.165, 1.54) is 4.90 Å². The number of hydrogen-bond donors (Lipinski definition) is 0. The number of amides is 2. The average molecular weight is 455 g/mol. The van der Waals surface area contributed by atoms with Gasteiger partial charge >= 0.3 is 0 Å². The predicted octanol–water partition coefficient (Wildman–Crippen LogP) is 5.43. The van der Waals surface area contributed by atoms with Crippen LogP contribution in [0.25, 0.3) is 5.57 Å². The van der Waals surface area contributed by atoms with E-state index in [0.29, 0.717) is 35.8 Å². The number of likely N-dealkylation sites (N-methyl/N-ethyl adjacent to an activating group) is 1. The minimum Gasteiger partial charge on any atom is -0.495 e. The SMILES string of the molecule is CCN(Cc1ccccc1)C1=C(c2ccc(C)cc2C)C(=O)N(c2cc(C)ccc2OC)C1=O. The van der Waals surface area contributed by atoms with E-state index >= 15 is 0 Å². The van der Waals surface area contributed by atoms with Gasteiger partial charge in [-0.05, 0) is 62.1 Å². The number of imide groups is 1. The van der Waals surface area contributed by atoms with Crippen LogP contribution in [0, 0.1) is 20.8 Å². The number of anilines is 1. The number of benzene rings is 3. The van der Waals surface area contributed by atoms with E-state index in [1.807, 2.05) is 93.3 Å². The Morgan fingerprint density at radius 1 is 0.853 bits per heavy atom. The fourth-order valence-corrected chi connectivity index (χ4v) is 4.49. The molecule has 0 aromatic heterocycles. The highest BCUT2D eigenvalue weighted by Gasteiger charge is 2.43. The van der Waals surface area contributed by atoms with Crippen molar-refractivity contribution >= 4 is 23.1 Å². The molecular weight excluding hydrogens is 424 g/mol. The third kappa shape index (κ3) is 4.21. The highest BCUT2D eigenvalue weighted by Crippen LogP contribution is 2.40. The summed E-state index contributed by atoms with van der Waals surface area (Å²) in [5.74, 6) is -0.177. The van der Waals surface area contributed by atoms with Gasteiger partial charge in [0.15, 0.2) is 0 Å². The Labute approximate surface area is 201 Å². The number of ether oxygens (including phenoxy) is 1. The van der Waals surface area contributed by atoms with Crippen LogP contribution in [0.4, 0.5) is 5.69 Å². The highest BCUT2D eigenvalue weighted by molar-refractivity contribution is 6.45. The van der Waals surface area contributed by atoms with Crippen LogP contribution in [0.15, 0.2) is 72.4 Å². The molecule has 0 unspecified atom stereocenters. The summed E-state index contributed by atoms with van der Waals surface area (Å²) in [7, 11) is 1.55. The molecule has 0 atom stereocenters. The maximum absolute atomic E-state index is 14.0. The van der Waals surface area contributed by atoms with Crippen LogP contribution in [0.2, 0.25) is 0 Å². The molecule has 4 rings (SSSR count). The first-order valence-corrected chi connectivity index (χ1v) is 11.5. The number of rotatable bonds is 7. The molecule has 0 spiro atoms. The Morgan fingerprint density at radius 3 is 2.18 bits per heavy atom. The molecule has 5 heteroatoms. The van der Waals surface area contributed by atoms with E-state index in [4.69, 9.17) is 4.74 Å². The number of nitrogens with zero attached hydrogens (tertiary/aromatic N) is 2. The zero-order valence-corrected chi connectivity index (χ0v) is 20.4. The lowest BCUT2D eigenvalue weighted by molar-refractivity contribution is -0.120. The molecule has 34 heavy (non-hydrogen) atoms. The number of carbonyl (C=O) groups excluding carboxylic acids is 2. The van der Waals surface area contributed by atoms with Crippen LogP contribution in [-0.4, -0.2) is 30.4 Å². The molecule has 1 aliphatic rings. The molecule has 0 fully saturated rings. The summed E-state index contributed by atoms with van der Waals surface area (Å²) < 4.78 is 5.53.